The molecule has 1 rings (SSSR count). The zero-order valence-corrected chi connectivity index (χ0v) is 7.53. The third-order valence-corrected chi connectivity index (χ3v) is 2.46. The minimum Gasteiger partial charge on any atom is -0.355 e. The van der Waals surface area contributed by atoms with E-state index in [1.807, 2.05) is 0 Å². The van der Waals surface area contributed by atoms with E-state index in [0.717, 1.165) is 0 Å². The molecule has 1 aliphatic heterocycles. The Labute approximate surface area is 74.5 Å². The summed E-state index contributed by atoms with van der Waals surface area (Å²) in [6.07, 6.45) is -4.28. The second-order valence-electron chi connectivity index (χ2n) is 4.06. The molecule has 1 amide bonds. The van der Waals surface area contributed by atoms with Crippen molar-refractivity contribution in [3.05, 3.63) is 0 Å². The van der Waals surface area contributed by atoms with Crippen molar-refractivity contribution >= 4 is 5.91 Å². The van der Waals surface area contributed by atoms with Crippen LogP contribution in [0.15, 0.2) is 0 Å². The van der Waals surface area contributed by atoms with Gasteiger partial charge in [0.1, 0.15) is 0 Å². The van der Waals surface area contributed by atoms with E-state index in [2.05, 4.69) is 5.32 Å². The highest BCUT2D eigenvalue weighted by Crippen LogP contribution is 2.43. The van der Waals surface area contributed by atoms with Crippen LogP contribution in [0.3, 0.4) is 0 Å². The topological polar surface area (TPSA) is 29.1 Å². The number of alkyl halides is 3. The quantitative estimate of drug-likeness (QED) is 0.626. The summed E-state index contributed by atoms with van der Waals surface area (Å²) < 4.78 is 37.2. The van der Waals surface area contributed by atoms with Crippen molar-refractivity contribution < 1.29 is 18.0 Å². The molecule has 1 aliphatic rings. The third kappa shape index (κ3) is 2.14. The second-order valence-corrected chi connectivity index (χ2v) is 4.06. The zero-order chi connectivity index (χ0) is 10.3. The lowest BCUT2D eigenvalue weighted by molar-refractivity contribution is -0.207. The number of amides is 1. The third-order valence-electron chi connectivity index (χ3n) is 2.46. The maximum absolute atomic E-state index is 12.4. The largest absolute Gasteiger partial charge is 0.394 e. The number of hydrogen-bond donors (Lipinski definition) is 1. The lowest BCUT2D eigenvalue weighted by Crippen LogP contribution is -2.51. The summed E-state index contributed by atoms with van der Waals surface area (Å²) in [5.41, 5.74) is -0.986. The van der Waals surface area contributed by atoms with Crippen LogP contribution in [0.2, 0.25) is 0 Å². The van der Waals surface area contributed by atoms with E-state index in [9.17, 15) is 18.0 Å². The lowest BCUT2D eigenvalue weighted by Gasteiger charge is -2.39. The van der Waals surface area contributed by atoms with Crippen LogP contribution in [-0.4, -0.2) is 18.6 Å². The maximum atomic E-state index is 12.4. The molecule has 0 bridgehead atoms. The Bertz CT molecular complexity index is 222. The van der Waals surface area contributed by atoms with Gasteiger partial charge in [0.25, 0.3) is 0 Å². The van der Waals surface area contributed by atoms with Gasteiger partial charge in [-0.2, -0.15) is 13.2 Å². The van der Waals surface area contributed by atoms with Crippen LogP contribution < -0.4 is 5.32 Å². The van der Waals surface area contributed by atoms with Crippen molar-refractivity contribution in [3.8, 4) is 0 Å². The van der Waals surface area contributed by atoms with Crippen molar-refractivity contribution in [1.82, 2.24) is 5.32 Å². The first kappa shape index (κ1) is 10.3. The number of hydrogen-bond acceptors (Lipinski definition) is 1. The van der Waals surface area contributed by atoms with Crippen molar-refractivity contribution in [2.45, 2.75) is 26.4 Å². The van der Waals surface area contributed by atoms with Crippen LogP contribution >= 0.6 is 0 Å². The predicted octanol–water partition coefficient (Wildman–Crippen LogP) is 1.71. The fourth-order valence-corrected chi connectivity index (χ4v) is 1.65. The van der Waals surface area contributed by atoms with E-state index in [1.54, 1.807) is 0 Å². The van der Waals surface area contributed by atoms with E-state index < -0.39 is 17.5 Å². The van der Waals surface area contributed by atoms with E-state index in [0.29, 0.717) is 0 Å². The maximum Gasteiger partial charge on any atom is 0.394 e. The lowest BCUT2D eigenvalue weighted by atomic mass is 9.73. The standard InChI is InChI=1S/C8H12F3NO/c1-7(2)3-6(13)12-4-5(7)8(9,10)11/h5H,3-4H2,1-2H3,(H,12,13). The molecule has 1 atom stereocenters. The Morgan fingerprint density at radius 1 is 1.46 bits per heavy atom. The summed E-state index contributed by atoms with van der Waals surface area (Å²) in [6, 6.07) is 0. The van der Waals surface area contributed by atoms with Crippen LogP contribution in [0.1, 0.15) is 20.3 Å². The summed E-state index contributed by atoms with van der Waals surface area (Å²) in [7, 11) is 0. The molecule has 1 unspecified atom stereocenters. The minimum absolute atomic E-state index is 0.0584. The number of piperidine rings is 1. The number of halogens is 3. The monoisotopic (exact) mass is 195 g/mol. The average molecular weight is 195 g/mol. The van der Waals surface area contributed by atoms with E-state index >= 15 is 0 Å². The van der Waals surface area contributed by atoms with Gasteiger partial charge in [-0.15, -0.1) is 0 Å². The first-order valence-electron chi connectivity index (χ1n) is 4.07. The highest BCUT2D eigenvalue weighted by Gasteiger charge is 2.51. The predicted molar refractivity (Wildman–Crippen MR) is 41.0 cm³/mol. The Morgan fingerprint density at radius 3 is 2.38 bits per heavy atom. The summed E-state index contributed by atoms with van der Waals surface area (Å²) in [4.78, 5) is 10.9. The van der Waals surface area contributed by atoms with Gasteiger partial charge in [0, 0.05) is 13.0 Å². The molecule has 0 aliphatic carbocycles. The smallest absolute Gasteiger partial charge is 0.355 e. The molecule has 0 radical (unpaired) electrons. The van der Waals surface area contributed by atoms with Gasteiger partial charge >= 0.3 is 6.18 Å². The fourth-order valence-electron chi connectivity index (χ4n) is 1.65. The molecule has 1 N–H and O–H groups in total. The fraction of sp³-hybridized carbons (Fsp3) is 0.875. The van der Waals surface area contributed by atoms with Gasteiger partial charge in [-0.1, -0.05) is 13.8 Å². The summed E-state index contributed by atoms with van der Waals surface area (Å²) >= 11 is 0. The Balaban J connectivity index is 2.82. The molecule has 0 aromatic carbocycles. The summed E-state index contributed by atoms with van der Waals surface area (Å²) in [6.45, 7) is 2.66. The molecule has 5 heteroatoms. The van der Waals surface area contributed by atoms with E-state index in [1.165, 1.54) is 13.8 Å². The number of rotatable bonds is 0. The van der Waals surface area contributed by atoms with Gasteiger partial charge in [-0.3, -0.25) is 4.79 Å². The minimum atomic E-state index is -4.22. The van der Waals surface area contributed by atoms with Crippen molar-refractivity contribution in [3.63, 3.8) is 0 Å². The molecule has 13 heavy (non-hydrogen) atoms. The van der Waals surface area contributed by atoms with Crippen molar-refractivity contribution in [1.29, 1.82) is 0 Å². The van der Waals surface area contributed by atoms with E-state index in [4.69, 9.17) is 0 Å². The molecule has 1 fully saturated rings. The van der Waals surface area contributed by atoms with Crippen LogP contribution in [0.5, 0.6) is 0 Å². The van der Waals surface area contributed by atoms with Crippen molar-refractivity contribution in [2.75, 3.05) is 6.54 Å². The van der Waals surface area contributed by atoms with Gasteiger partial charge in [0.05, 0.1) is 5.92 Å². The van der Waals surface area contributed by atoms with Gasteiger partial charge in [-0.25, -0.2) is 0 Å². The zero-order valence-electron chi connectivity index (χ0n) is 7.53. The molecular formula is C8H12F3NO. The first-order chi connectivity index (χ1) is 5.73. The molecule has 76 valence electrons. The summed E-state index contributed by atoms with van der Waals surface area (Å²) in [5.74, 6) is -1.73. The molecular weight excluding hydrogens is 183 g/mol. The molecule has 0 saturated carbocycles. The molecule has 1 saturated heterocycles. The number of carbonyl (C=O) groups is 1. The first-order valence-corrected chi connectivity index (χ1v) is 4.07. The van der Waals surface area contributed by atoms with Crippen LogP contribution in [-0.2, 0) is 4.79 Å². The Kier molecular flexibility index (Phi) is 2.30. The number of nitrogens with one attached hydrogen (secondary N) is 1. The number of carbonyl (C=O) groups excluding carboxylic acids is 1. The second kappa shape index (κ2) is 2.89. The highest BCUT2D eigenvalue weighted by molar-refractivity contribution is 5.77. The molecule has 1 heterocycles. The van der Waals surface area contributed by atoms with Crippen LogP contribution in [0.25, 0.3) is 0 Å². The normalized spacial score (nSPS) is 28.4. The summed E-state index contributed by atoms with van der Waals surface area (Å²) in [5, 5.41) is 2.24. The average Bonchev–Trinajstić information content (AvgIpc) is 1.79. The molecule has 0 aromatic rings. The van der Waals surface area contributed by atoms with Crippen LogP contribution in [0.4, 0.5) is 13.2 Å². The molecule has 0 spiro atoms. The van der Waals surface area contributed by atoms with Crippen molar-refractivity contribution in [2.24, 2.45) is 11.3 Å². The molecule has 0 aromatic heterocycles. The SMILES string of the molecule is CC1(C)CC(=O)NCC1C(F)(F)F. The Morgan fingerprint density at radius 2 is 2.00 bits per heavy atom. The van der Waals surface area contributed by atoms with Gasteiger partial charge in [-0.05, 0) is 5.41 Å². The molecule has 2 nitrogen and oxygen atoms in total. The Hall–Kier alpha value is -0.740. The highest BCUT2D eigenvalue weighted by atomic mass is 19.4. The van der Waals surface area contributed by atoms with Gasteiger partial charge < -0.3 is 5.32 Å². The van der Waals surface area contributed by atoms with E-state index in [-0.39, 0.29) is 18.9 Å². The van der Waals surface area contributed by atoms with Gasteiger partial charge in [0.15, 0.2) is 0 Å². The van der Waals surface area contributed by atoms with Gasteiger partial charge in [0.2, 0.25) is 5.91 Å². The van der Waals surface area contributed by atoms with Crippen LogP contribution in [0, 0.1) is 11.3 Å².